The third-order valence-corrected chi connectivity index (χ3v) is 6.61. The molecule has 0 aliphatic rings. The van der Waals surface area contributed by atoms with Gasteiger partial charge < -0.3 is 14.4 Å². The normalized spacial score (nSPS) is 11.6. The molecule has 0 fully saturated rings. The largest absolute Gasteiger partial charge is 0.493 e. The van der Waals surface area contributed by atoms with Crippen LogP contribution in [0.15, 0.2) is 47.4 Å². The number of anilines is 1. The van der Waals surface area contributed by atoms with E-state index in [4.69, 9.17) is 9.47 Å². The van der Waals surface area contributed by atoms with Crippen LogP contribution in [0, 0.1) is 0 Å². The number of nitrogens with zero attached hydrogens (tertiary/aromatic N) is 2. The summed E-state index contributed by atoms with van der Waals surface area (Å²) in [7, 11) is 2.64. The van der Waals surface area contributed by atoms with Crippen LogP contribution in [0.5, 0.6) is 11.5 Å². The summed E-state index contributed by atoms with van der Waals surface area (Å²) in [5.74, 6) is 0.808. The van der Waals surface area contributed by atoms with Crippen LogP contribution in [-0.4, -0.2) is 53.0 Å². The number of ether oxygens (including phenoxy) is 2. The average molecular weight is 407 g/mol. The monoisotopic (exact) mass is 406 g/mol. The molecule has 0 spiro atoms. The molecule has 1 amide bonds. The Bertz CT molecular complexity index is 940. The van der Waals surface area contributed by atoms with Crippen LogP contribution in [0.1, 0.15) is 24.2 Å². The van der Waals surface area contributed by atoms with E-state index in [0.717, 1.165) is 0 Å². The highest BCUT2D eigenvalue weighted by Gasteiger charge is 2.23. The van der Waals surface area contributed by atoms with Crippen LogP contribution < -0.4 is 14.4 Å². The van der Waals surface area contributed by atoms with Crippen molar-refractivity contribution in [3.05, 3.63) is 48.0 Å². The molecule has 0 bridgehead atoms. The Hall–Kier alpha value is -2.58. The fourth-order valence-corrected chi connectivity index (χ4v) is 3.93. The Labute approximate surface area is 166 Å². The van der Waals surface area contributed by atoms with Gasteiger partial charge in [0.2, 0.25) is 10.0 Å². The Morgan fingerprint density at radius 1 is 0.929 bits per heavy atom. The Kier molecular flexibility index (Phi) is 6.69. The van der Waals surface area contributed by atoms with Gasteiger partial charge in [0.1, 0.15) is 0 Å². The summed E-state index contributed by atoms with van der Waals surface area (Å²) in [5.41, 5.74) is 1.00. The van der Waals surface area contributed by atoms with Gasteiger partial charge in [0, 0.05) is 37.5 Å². The lowest BCUT2D eigenvalue weighted by atomic mass is 10.2. The molecule has 0 heterocycles. The molecule has 0 unspecified atom stereocenters. The van der Waals surface area contributed by atoms with Crippen LogP contribution in [0.2, 0.25) is 0 Å². The number of methoxy groups -OCH3 is 2. The summed E-state index contributed by atoms with van der Waals surface area (Å²) in [6.45, 7) is 3.60. The summed E-state index contributed by atoms with van der Waals surface area (Å²) in [6.07, 6.45) is 0. The Morgan fingerprint density at radius 3 is 2.00 bits per heavy atom. The van der Waals surface area contributed by atoms with Crippen molar-refractivity contribution < 1.29 is 22.7 Å². The predicted molar refractivity (Wildman–Crippen MR) is 109 cm³/mol. The molecule has 0 atom stereocenters. The van der Waals surface area contributed by atoms with Gasteiger partial charge in [-0.3, -0.25) is 4.79 Å². The van der Waals surface area contributed by atoms with Crippen molar-refractivity contribution in [2.45, 2.75) is 24.8 Å². The summed E-state index contributed by atoms with van der Waals surface area (Å²) >= 11 is 0. The van der Waals surface area contributed by atoms with E-state index < -0.39 is 10.0 Å². The van der Waals surface area contributed by atoms with Gasteiger partial charge in [-0.2, -0.15) is 4.31 Å². The minimum Gasteiger partial charge on any atom is -0.493 e. The van der Waals surface area contributed by atoms with Crippen molar-refractivity contribution >= 4 is 21.6 Å². The van der Waals surface area contributed by atoms with E-state index in [0.29, 0.717) is 22.7 Å². The first kappa shape index (κ1) is 21.7. The SMILES string of the molecule is COc1ccc(N(C)C(=O)c2ccc(S(=O)(=O)N(C)C(C)C)cc2)cc1OC. The summed E-state index contributed by atoms with van der Waals surface area (Å²) in [5, 5.41) is 0. The molecular formula is C20H26N2O5S. The number of carbonyl (C=O) groups is 1. The molecule has 28 heavy (non-hydrogen) atoms. The van der Waals surface area contributed by atoms with Gasteiger partial charge in [-0.25, -0.2) is 8.42 Å². The standard InChI is InChI=1S/C20H26N2O5S/c1-14(2)22(4)28(24,25)17-10-7-15(8-11-17)20(23)21(3)16-9-12-18(26-5)19(13-16)27-6/h7-14H,1-6H3. The van der Waals surface area contributed by atoms with Crippen LogP contribution in [0.3, 0.4) is 0 Å². The van der Waals surface area contributed by atoms with Crippen molar-refractivity contribution in [3.63, 3.8) is 0 Å². The molecule has 0 N–H and O–H groups in total. The Morgan fingerprint density at radius 2 is 1.50 bits per heavy atom. The van der Waals surface area contributed by atoms with Gasteiger partial charge in [-0.1, -0.05) is 0 Å². The topological polar surface area (TPSA) is 76.2 Å². The number of carbonyl (C=O) groups excluding carboxylic acids is 1. The predicted octanol–water partition coefficient (Wildman–Crippen LogP) is 3.01. The summed E-state index contributed by atoms with van der Waals surface area (Å²) in [6, 6.07) is 10.9. The maximum Gasteiger partial charge on any atom is 0.258 e. The number of sulfonamides is 1. The van der Waals surface area contributed by atoms with Crippen molar-refractivity contribution in [3.8, 4) is 11.5 Å². The minimum atomic E-state index is -3.59. The van der Waals surface area contributed by atoms with Crippen LogP contribution >= 0.6 is 0 Å². The smallest absolute Gasteiger partial charge is 0.258 e. The number of rotatable bonds is 7. The second-order valence-corrected chi connectivity index (χ2v) is 8.54. The molecule has 2 aromatic rings. The molecule has 2 aromatic carbocycles. The fraction of sp³-hybridized carbons (Fsp3) is 0.350. The van der Waals surface area contributed by atoms with E-state index >= 15 is 0 Å². The molecule has 2 rings (SSSR count). The lowest BCUT2D eigenvalue weighted by Gasteiger charge is -2.21. The lowest BCUT2D eigenvalue weighted by molar-refractivity contribution is 0.0993. The first-order valence-corrected chi connectivity index (χ1v) is 10.2. The number of hydrogen-bond acceptors (Lipinski definition) is 5. The second-order valence-electron chi connectivity index (χ2n) is 6.54. The van der Waals surface area contributed by atoms with Crippen LogP contribution in [0.4, 0.5) is 5.69 Å². The number of amides is 1. The van der Waals surface area contributed by atoms with Gasteiger partial charge in [0.25, 0.3) is 5.91 Å². The molecule has 0 aliphatic carbocycles. The molecule has 0 saturated carbocycles. The van der Waals surface area contributed by atoms with Crippen molar-refractivity contribution in [2.75, 3.05) is 33.2 Å². The van der Waals surface area contributed by atoms with E-state index in [2.05, 4.69) is 0 Å². The van der Waals surface area contributed by atoms with Crippen LogP contribution in [-0.2, 0) is 10.0 Å². The number of benzene rings is 2. The third kappa shape index (κ3) is 4.28. The fourth-order valence-electron chi connectivity index (χ4n) is 2.56. The Balaban J connectivity index is 2.28. The second kappa shape index (κ2) is 8.62. The first-order chi connectivity index (χ1) is 13.1. The van der Waals surface area contributed by atoms with Gasteiger partial charge in [-0.05, 0) is 50.2 Å². The lowest BCUT2D eigenvalue weighted by Crippen LogP contribution is -2.33. The molecule has 8 heteroatoms. The van der Waals surface area contributed by atoms with Gasteiger partial charge in [-0.15, -0.1) is 0 Å². The zero-order chi connectivity index (χ0) is 21.1. The van der Waals surface area contributed by atoms with Crippen LogP contribution in [0.25, 0.3) is 0 Å². The summed E-state index contributed by atoms with van der Waals surface area (Å²) in [4.78, 5) is 14.4. The van der Waals surface area contributed by atoms with Gasteiger partial charge >= 0.3 is 0 Å². The zero-order valence-electron chi connectivity index (χ0n) is 17.0. The van der Waals surface area contributed by atoms with E-state index in [1.807, 2.05) is 0 Å². The highest BCUT2D eigenvalue weighted by molar-refractivity contribution is 7.89. The quantitative estimate of drug-likeness (QED) is 0.706. The van der Waals surface area contributed by atoms with Crippen molar-refractivity contribution in [1.82, 2.24) is 4.31 Å². The van der Waals surface area contributed by atoms with Gasteiger partial charge in [0.05, 0.1) is 19.1 Å². The molecule has 7 nitrogen and oxygen atoms in total. The maximum absolute atomic E-state index is 12.8. The first-order valence-electron chi connectivity index (χ1n) is 8.71. The highest BCUT2D eigenvalue weighted by atomic mass is 32.2. The molecule has 0 aliphatic heterocycles. The molecule has 0 aromatic heterocycles. The van der Waals surface area contributed by atoms with Crippen molar-refractivity contribution in [1.29, 1.82) is 0 Å². The van der Waals surface area contributed by atoms with Crippen molar-refractivity contribution in [2.24, 2.45) is 0 Å². The molecule has 0 saturated heterocycles. The minimum absolute atomic E-state index is 0.147. The molecule has 0 radical (unpaired) electrons. The summed E-state index contributed by atoms with van der Waals surface area (Å²) < 4.78 is 36.9. The average Bonchev–Trinajstić information content (AvgIpc) is 2.71. The van der Waals surface area contributed by atoms with E-state index in [-0.39, 0.29) is 16.8 Å². The molecule has 152 valence electrons. The van der Waals surface area contributed by atoms with Gasteiger partial charge in [0.15, 0.2) is 11.5 Å². The van der Waals surface area contributed by atoms with E-state index in [1.165, 1.54) is 47.6 Å². The zero-order valence-corrected chi connectivity index (χ0v) is 17.8. The molecular weight excluding hydrogens is 380 g/mol. The maximum atomic E-state index is 12.8. The third-order valence-electron chi connectivity index (χ3n) is 4.56. The highest BCUT2D eigenvalue weighted by Crippen LogP contribution is 2.31. The van der Waals surface area contributed by atoms with E-state index in [9.17, 15) is 13.2 Å². The van der Waals surface area contributed by atoms with E-state index in [1.54, 1.807) is 46.2 Å². The number of hydrogen-bond donors (Lipinski definition) is 0.